The second kappa shape index (κ2) is 12.8. The molecule has 220 valence electrons. The van der Waals surface area contributed by atoms with Crippen LogP contribution in [0.4, 0.5) is 0 Å². The van der Waals surface area contributed by atoms with Crippen LogP contribution in [-0.2, 0) is 22.6 Å². The Bertz CT molecular complexity index is 1430. The van der Waals surface area contributed by atoms with Gasteiger partial charge in [0.1, 0.15) is 0 Å². The molecule has 5 nitrogen and oxygen atoms in total. The average molecular weight is 669 g/mol. The molecule has 3 fully saturated rings. The Kier molecular flexibility index (Phi) is 9.09. The molecule has 3 atom stereocenters. The Morgan fingerprint density at radius 2 is 1.60 bits per heavy atom. The maximum Gasteiger partial charge on any atom is 0.229 e. The molecule has 0 aliphatic carbocycles. The van der Waals surface area contributed by atoms with Gasteiger partial charge in [-0.15, -0.1) is 0 Å². The molecule has 3 aliphatic heterocycles. The van der Waals surface area contributed by atoms with Crippen LogP contribution in [0.5, 0.6) is 0 Å². The summed E-state index contributed by atoms with van der Waals surface area (Å²) in [6.45, 7) is 4.57. The molecule has 0 bridgehead atoms. The summed E-state index contributed by atoms with van der Waals surface area (Å²) in [6, 6.07) is 24.0. The highest BCUT2D eigenvalue weighted by Gasteiger charge is 2.50. The summed E-state index contributed by atoms with van der Waals surface area (Å²) in [7, 11) is 0. The number of rotatable bonds is 8. The number of amides is 1. The van der Waals surface area contributed by atoms with E-state index in [1.807, 2.05) is 35.2 Å². The third kappa shape index (κ3) is 6.20. The molecule has 0 radical (unpaired) electrons. The van der Waals surface area contributed by atoms with Crippen LogP contribution in [0.25, 0.3) is 0 Å². The van der Waals surface area contributed by atoms with Gasteiger partial charge in [0.05, 0.1) is 21.5 Å². The Labute approximate surface area is 266 Å². The lowest BCUT2D eigenvalue weighted by Crippen LogP contribution is -2.54. The fraction of sp³-hybridized carbons (Fsp3) is 0.412. The van der Waals surface area contributed by atoms with Crippen LogP contribution in [0.2, 0.25) is 10.0 Å². The minimum atomic E-state index is -0.323. The molecule has 0 aromatic heterocycles. The van der Waals surface area contributed by atoms with Crippen LogP contribution in [0.3, 0.4) is 0 Å². The first-order valence-electron chi connectivity index (χ1n) is 14.8. The van der Waals surface area contributed by atoms with Gasteiger partial charge in [-0.2, -0.15) is 0 Å². The number of Topliss-reactive ketones (excluding diaryl/α,β-unsaturated/α-hetero) is 1. The number of hydrogen-bond donors (Lipinski definition) is 1. The second-order valence-electron chi connectivity index (χ2n) is 12.1. The summed E-state index contributed by atoms with van der Waals surface area (Å²) >= 11 is 16.0. The number of piperidine rings is 1. The Hall–Kier alpha value is -2.22. The summed E-state index contributed by atoms with van der Waals surface area (Å²) in [5, 5.41) is 4.54. The first-order chi connectivity index (χ1) is 20.3. The SMILES string of the molecule is O=C(Cc1ccc(Cl)c(Cl)c1)C([C@@H]1CNC[C@@H]1c1ccccc1)N1CCC2(CCN(Cc3ccc(Br)cc3)C2=O)CC1. The van der Waals surface area contributed by atoms with E-state index in [0.717, 1.165) is 67.6 Å². The molecule has 1 amide bonds. The van der Waals surface area contributed by atoms with E-state index in [4.69, 9.17) is 23.2 Å². The van der Waals surface area contributed by atoms with Gasteiger partial charge in [0.25, 0.3) is 0 Å². The van der Waals surface area contributed by atoms with E-state index in [1.54, 1.807) is 6.07 Å². The highest BCUT2D eigenvalue weighted by molar-refractivity contribution is 9.10. The summed E-state index contributed by atoms with van der Waals surface area (Å²) in [5.74, 6) is 0.867. The molecule has 6 rings (SSSR count). The van der Waals surface area contributed by atoms with Crippen molar-refractivity contribution >= 4 is 50.8 Å². The standard InChI is InChI=1S/C34H36BrCl2N3O2/c35-26-9-6-23(7-10-26)22-40-17-14-34(33(40)42)12-15-39(16-13-34)32(31(41)19-24-8-11-29(36)30(37)18-24)28-21-38-20-27(28)25-4-2-1-3-5-25/h1-11,18,27-28,32,38H,12-17,19-22H2/t27-,28-,32?/m1/s1. The van der Waals surface area contributed by atoms with Gasteiger partial charge >= 0.3 is 0 Å². The summed E-state index contributed by atoms with van der Waals surface area (Å²) in [5.41, 5.74) is 2.97. The van der Waals surface area contributed by atoms with Gasteiger partial charge in [-0.1, -0.05) is 87.7 Å². The number of likely N-dealkylation sites (tertiary alicyclic amines) is 2. The zero-order chi connectivity index (χ0) is 29.3. The summed E-state index contributed by atoms with van der Waals surface area (Å²) < 4.78 is 1.04. The predicted octanol–water partition coefficient (Wildman–Crippen LogP) is 6.75. The van der Waals surface area contributed by atoms with E-state index in [9.17, 15) is 9.59 Å². The quantitative estimate of drug-likeness (QED) is 0.289. The zero-order valence-corrected chi connectivity index (χ0v) is 26.7. The van der Waals surface area contributed by atoms with Gasteiger partial charge in [0.15, 0.2) is 5.78 Å². The van der Waals surface area contributed by atoms with Crippen LogP contribution in [0.15, 0.2) is 77.3 Å². The smallest absolute Gasteiger partial charge is 0.229 e. The normalized spacial score (nSPS) is 23.0. The Morgan fingerprint density at radius 1 is 0.905 bits per heavy atom. The van der Waals surface area contributed by atoms with E-state index < -0.39 is 0 Å². The van der Waals surface area contributed by atoms with Crippen molar-refractivity contribution in [2.75, 3.05) is 32.7 Å². The lowest BCUT2D eigenvalue weighted by molar-refractivity contribution is -0.140. The van der Waals surface area contributed by atoms with Gasteiger partial charge in [-0.05, 0) is 73.3 Å². The first kappa shape index (κ1) is 29.8. The van der Waals surface area contributed by atoms with Crippen molar-refractivity contribution in [2.24, 2.45) is 11.3 Å². The number of carbonyl (C=O) groups is 2. The minimum Gasteiger partial charge on any atom is -0.338 e. The van der Waals surface area contributed by atoms with Gasteiger partial charge in [0, 0.05) is 48.9 Å². The van der Waals surface area contributed by atoms with Crippen molar-refractivity contribution in [3.05, 3.63) is 104 Å². The van der Waals surface area contributed by atoms with Crippen LogP contribution in [0.1, 0.15) is 41.9 Å². The highest BCUT2D eigenvalue weighted by Crippen LogP contribution is 2.44. The predicted molar refractivity (Wildman–Crippen MR) is 172 cm³/mol. The van der Waals surface area contributed by atoms with Crippen molar-refractivity contribution in [1.82, 2.24) is 15.1 Å². The zero-order valence-electron chi connectivity index (χ0n) is 23.6. The molecule has 3 aromatic rings. The minimum absolute atomic E-state index is 0.143. The van der Waals surface area contributed by atoms with E-state index >= 15 is 0 Å². The van der Waals surface area contributed by atoms with Crippen molar-refractivity contribution in [2.45, 2.75) is 44.2 Å². The molecule has 3 aromatic carbocycles. The molecule has 1 spiro atoms. The average Bonchev–Trinajstić information content (AvgIpc) is 3.59. The number of nitrogens with one attached hydrogen (secondary N) is 1. The third-order valence-electron chi connectivity index (χ3n) is 9.62. The summed E-state index contributed by atoms with van der Waals surface area (Å²) in [4.78, 5) is 32.4. The lowest BCUT2D eigenvalue weighted by Gasteiger charge is -2.43. The molecule has 42 heavy (non-hydrogen) atoms. The number of nitrogens with zero attached hydrogens (tertiary/aromatic N) is 2. The fourth-order valence-electron chi connectivity index (χ4n) is 7.31. The molecule has 1 unspecified atom stereocenters. The monoisotopic (exact) mass is 667 g/mol. The van der Waals surface area contributed by atoms with Crippen molar-refractivity contribution in [3.63, 3.8) is 0 Å². The van der Waals surface area contributed by atoms with Crippen molar-refractivity contribution < 1.29 is 9.59 Å². The maximum atomic E-state index is 14.2. The van der Waals surface area contributed by atoms with Crippen LogP contribution >= 0.6 is 39.1 Å². The molecular formula is C34H36BrCl2N3O2. The lowest BCUT2D eigenvalue weighted by atomic mass is 9.74. The molecular weight excluding hydrogens is 633 g/mol. The van der Waals surface area contributed by atoms with Gasteiger partial charge in [0.2, 0.25) is 5.91 Å². The third-order valence-corrected chi connectivity index (χ3v) is 10.9. The van der Waals surface area contributed by atoms with E-state index in [0.29, 0.717) is 23.0 Å². The number of ketones is 1. The maximum absolute atomic E-state index is 14.2. The second-order valence-corrected chi connectivity index (χ2v) is 13.8. The first-order valence-corrected chi connectivity index (χ1v) is 16.4. The van der Waals surface area contributed by atoms with E-state index in [-0.39, 0.29) is 35.0 Å². The molecule has 0 saturated carbocycles. The van der Waals surface area contributed by atoms with Gasteiger partial charge in [-0.25, -0.2) is 0 Å². The van der Waals surface area contributed by atoms with E-state index in [1.165, 1.54) is 5.56 Å². The van der Waals surface area contributed by atoms with Crippen LogP contribution < -0.4 is 5.32 Å². The Morgan fingerprint density at radius 3 is 2.31 bits per heavy atom. The number of benzene rings is 3. The van der Waals surface area contributed by atoms with Crippen molar-refractivity contribution in [1.29, 1.82) is 0 Å². The molecule has 3 aliphatic rings. The highest BCUT2D eigenvalue weighted by atomic mass is 79.9. The topological polar surface area (TPSA) is 52.7 Å². The van der Waals surface area contributed by atoms with Crippen LogP contribution in [0, 0.1) is 11.3 Å². The number of halogens is 3. The van der Waals surface area contributed by atoms with E-state index in [2.05, 4.69) is 62.5 Å². The molecule has 3 heterocycles. The molecule has 1 N–H and O–H groups in total. The Balaban J connectivity index is 1.20. The molecule has 8 heteroatoms. The molecule has 3 saturated heterocycles. The fourth-order valence-corrected chi connectivity index (χ4v) is 7.90. The van der Waals surface area contributed by atoms with Gasteiger partial charge in [-0.3, -0.25) is 14.5 Å². The largest absolute Gasteiger partial charge is 0.338 e. The van der Waals surface area contributed by atoms with Crippen molar-refractivity contribution in [3.8, 4) is 0 Å². The van der Waals surface area contributed by atoms with Gasteiger partial charge < -0.3 is 10.2 Å². The summed E-state index contributed by atoms with van der Waals surface area (Å²) in [6.07, 6.45) is 2.77. The number of carbonyl (C=O) groups excluding carboxylic acids is 2. The van der Waals surface area contributed by atoms with Crippen LogP contribution in [-0.4, -0.2) is 60.3 Å². The number of hydrogen-bond acceptors (Lipinski definition) is 4.